The maximum absolute atomic E-state index is 13.6. The van der Waals surface area contributed by atoms with E-state index in [-0.39, 0.29) is 5.69 Å². The van der Waals surface area contributed by atoms with E-state index in [0.717, 1.165) is 12.1 Å². The molecule has 1 aromatic rings. The number of halogens is 3. The van der Waals surface area contributed by atoms with Gasteiger partial charge in [0.15, 0.2) is 11.6 Å². The van der Waals surface area contributed by atoms with Crippen LogP contribution in [0.15, 0.2) is 12.1 Å². The van der Waals surface area contributed by atoms with Crippen molar-refractivity contribution < 1.29 is 27.4 Å². The molecule has 0 saturated carbocycles. The van der Waals surface area contributed by atoms with Gasteiger partial charge in [-0.3, -0.25) is 0 Å². The highest BCUT2D eigenvalue weighted by Crippen LogP contribution is 2.31. The Balaban J connectivity index is 3.03. The van der Waals surface area contributed by atoms with Crippen LogP contribution in [0.4, 0.5) is 24.5 Å². The lowest BCUT2D eigenvalue weighted by atomic mass is 10.2. The summed E-state index contributed by atoms with van der Waals surface area (Å²) in [6.45, 7) is -1.42. The van der Waals surface area contributed by atoms with Gasteiger partial charge in [-0.1, -0.05) is 0 Å². The van der Waals surface area contributed by atoms with Gasteiger partial charge in [0.2, 0.25) is 0 Å². The van der Waals surface area contributed by atoms with Crippen molar-refractivity contribution in [3.63, 3.8) is 0 Å². The van der Waals surface area contributed by atoms with Crippen molar-refractivity contribution in [3.8, 4) is 5.75 Å². The molecular weight excluding hydrogens is 289 g/mol. The summed E-state index contributed by atoms with van der Waals surface area (Å²) in [5, 5.41) is 0. The molecule has 0 aliphatic rings. The first kappa shape index (κ1) is 17.4. The van der Waals surface area contributed by atoms with E-state index < -0.39 is 18.2 Å². The van der Waals surface area contributed by atoms with E-state index in [4.69, 9.17) is 15.2 Å². The number of nitrogens with two attached hydrogens (primary N) is 1. The standard InChI is InChI=1S/C13H19F3N2O3/c1-19-5-3-18(4-6-20-2)11-8-12(21-13(15)16)9(14)7-10(11)17/h7-8,13H,3-6,17H2,1-2H3. The van der Waals surface area contributed by atoms with E-state index in [2.05, 4.69) is 4.74 Å². The van der Waals surface area contributed by atoms with Crippen molar-refractivity contribution in [2.75, 3.05) is 51.2 Å². The van der Waals surface area contributed by atoms with E-state index in [1.807, 2.05) is 0 Å². The Kier molecular flexibility index (Phi) is 7.10. The van der Waals surface area contributed by atoms with Crippen LogP contribution in [-0.2, 0) is 9.47 Å². The average Bonchev–Trinajstić information content (AvgIpc) is 2.42. The second-order valence-corrected chi connectivity index (χ2v) is 4.19. The molecule has 0 fully saturated rings. The highest BCUT2D eigenvalue weighted by Gasteiger charge is 2.17. The third-order valence-corrected chi connectivity index (χ3v) is 2.77. The molecule has 0 heterocycles. The molecule has 5 nitrogen and oxygen atoms in total. The van der Waals surface area contributed by atoms with E-state index in [0.29, 0.717) is 32.0 Å². The van der Waals surface area contributed by atoms with Crippen LogP contribution >= 0.6 is 0 Å². The number of anilines is 2. The molecule has 0 aliphatic carbocycles. The number of hydrogen-bond acceptors (Lipinski definition) is 5. The maximum Gasteiger partial charge on any atom is 0.387 e. The lowest BCUT2D eigenvalue weighted by Gasteiger charge is -2.26. The van der Waals surface area contributed by atoms with Crippen LogP contribution in [0.3, 0.4) is 0 Å². The van der Waals surface area contributed by atoms with Crippen molar-refractivity contribution in [2.24, 2.45) is 0 Å². The van der Waals surface area contributed by atoms with E-state index >= 15 is 0 Å². The zero-order valence-electron chi connectivity index (χ0n) is 11.9. The van der Waals surface area contributed by atoms with Crippen molar-refractivity contribution in [3.05, 3.63) is 17.9 Å². The van der Waals surface area contributed by atoms with Crippen molar-refractivity contribution in [1.29, 1.82) is 0 Å². The van der Waals surface area contributed by atoms with E-state index in [1.54, 1.807) is 4.90 Å². The molecule has 8 heteroatoms. The van der Waals surface area contributed by atoms with Crippen molar-refractivity contribution >= 4 is 11.4 Å². The van der Waals surface area contributed by atoms with E-state index in [1.165, 1.54) is 14.2 Å². The van der Waals surface area contributed by atoms with Gasteiger partial charge >= 0.3 is 6.61 Å². The molecule has 0 saturated heterocycles. The normalized spacial score (nSPS) is 11.0. The van der Waals surface area contributed by atoms with Gasteiger partial charge in [0.1, 0.15) is 0 Å². The summed E-state index contributed by atoms with van der Waals surface area (Å²) in [4.78, 5) is 1.75. The second kappa shape index (κ2) is 8.58. The number of hydrogen-bond donors (Lipinski definition) is 1. The number of alkyl halides is 2. The van der Waals surface area contributed by atoms with Crippen LogP contribution < -0.4 is 15.4 Å². The van der Waals surface area contributed by atoms with Crippen LogP contribution in [-0.4, -0.2) is 47.1 Å². The fourth-order valence-electron chi connectivity index (χ4n) is 1.77. The summed E-state index contributed by atoms with van der Waals surface area (Å²) in [5.41, 5.74) is 6.28. The van der Waals surface area contributed by atoms with Gasteiger partial charge < -0.3 is 24.8 Å². The zero-order valence-corrected chi connectivity index (χ0v) is 11.9. The first-order chi connectivity index (χ1) is 9.99. The first-order valence-corrected chi connectivity index (χ1v) is 6.26. The summed E-state index contributed by atoms with van der Waals surface area (Å²) in [7, 11) is 3.07. The number of rotatable bonds is 9. The minimum Gasteiger partial charge on any atom is -0.432 e. The van der Waals surface area contributed by atoms with Gasteiger partial charge in [0, 0.05) is 39.4 Å². The number of benzene rings is 1. The summed E-state index contributed by atoms with van der Waals surface area (Å²) in [6, 6.07) is 2.11. The average molecular weight is 308 g/mol. The molecule has 0 radical (unpaired) electrons. The Hall–Kier alpha value is -1.67. The molecule has 0 atom stereocenters. The number of nitrogens with zero attached hydrogens (tertiary/aromatic N) is 1. The minimum absolute atomic E-state index is 0.126. The molecule has 1 aromatic carbocycles. The van der Waals surface area contributed by atoms with Crippen molar-refractivity contribution in [1.82, 2.24) is 0 Å². The summed E-state index contributed by atoms with van der Waals surface area (Å²) in [5.74, 6) is -1.48. The number of ether oxygens (including phenoxy) is 3. The molecule has 0 bridgehead atoms. The highest BCUT2D eigenvalue weighted by atomic mass is 19.3. The van der Waals surface area contributed by atoms with Gasteiger partial charge in [0.05, 0.1) is 24.6 Å². The fraction of sp³-hybridized carbons (Fsp3) is 0.538. The third-order valence-electron chi connectivity index (χ3n) is 2.77. The first-order valence-electron chi connectivity index (χ1n) is 6.26. The Morgan fingerprint density at radius 1 is 1.14 bits per heavy atom. The van der Waals surface area contributed by atoms with Crippen LogP contribution in [0.5, 0.6) is 5.75 Å². The number of nitrogen functional groups attached to an aromatic ring is 1. The second-order valence-electron chi connectivity index (χ2n) is 4.19. The summed E-state index contributed by atoms with van der Waals surface area (Å²) in [6.07, 6.45) is 0. The van der Waals surface area contributed by atoms with Crippen LogP contribution in [0.25, 0.3) is 0 Å². The van der Waals surface area contributed by atoms with Gasteiger partial charge in [-0.05, 0) is 0 Å². The molecule has 0 spiro atoms. The Morgan fingerprint density at radius 2 is 1.71 bits per heavy atom. The van der Waals surface area contributed by atoms with Crippen molar-refractivity contribution in [2.45, 2.75) is 6.61 Å². The molecule has 0 unspecified atom stereocenters. The lowest BCUT2D eigenvalue weighted by Crippen LogP contribution is -2.31. The summed E-state index contributed by atoms with van der Waals surface area (Å²) >= 11 is 0. The molecule has 1 rings (SSSR count). The molecule has 2 N–H and O–H groups in total. The smallest absolute Gasteiger partial charge is 0.387 e. The van der Waals surface area contributed by atoms with Crippen LogP contribution in [0, 0.1) is 5.82 Å². The van der Waals surface area contributed by atoms with Crippen LogP contribution in [0.2, 0.25) is 0 Å². The van der Waals surface area contributed by atoms with Crippen LogP contribution in [0.1, 0.15) is 0 Å². The molecule has 0 aliphatic heterocycles. The van der Waals surface area contributed by atoms with E-state index in [9.17, 15) is 13.2 Å². The molecule has 0 aromatic heterocycles. The molecular formula is C13H19F3N2O3. The monoisotopic (exact) mass is 308 g/mol. The van der Waals surface area contributed by atoms with Gasteiger partial charge in [-0.2, -0.15) is 8.78 Å². The fourth-order valence-corrected chi connectivity index (χ4v) is 1.77. The predicted octanol–water partition coefficient (Wildman–Crippen LogP) is 2.11. The zero-order chi connectivity index (χ0) is 15.8. The quantitative estimate of drug-likeness (QED) is 0.708. The van der Waals surface area contributed by atoms with Gasteiger partial charge in [-0.15, -0.1) is 0 Å². The van der Waals surface area contributed by atoms with Gasteiger partial charge in [0.25, 0.3) is 0 Å². The topological polar surface area (TPSA) is 57.0 Å². The largest absolute Gasteiger partial charge is 0.432 e. The minimum atomic E-state index is -3.11. The Morgan fingerprint density at radius 3 is 2.19 bits per heavy atom. The number of methoxy groups -OCH3 is 2. The highest BCUT2D eigenvalue weighted by molar-refractivity contribution is 5.70. The van der Waals surface area contributed by atoms with Gasteiger partial charge in [-0.25, -0.2) is 4.39 Å². The molecule has 0 amide bonds. The Bertz CT molecular complexity index is 439. The molecule has 21 heavy (non-hydrogen) atoms. The Labute approximate surface area is 121 Å². The maximum atomic E-state index is 13.6. The lowest BCUT2D eigenvalue weighted by molar-refractivity contribution is -0.0521. The third kappa shape index (κ3) is 5.31. The molecule has 120 valence electrons. The summed E-state index contributed by atoms with van der Waals surface area (Å²) < 4.78 is 52.2. The SMILES string of the molecule is COCCN(CCOC)c1cc(OC(F)F)c(F)cc1N. The predicted molar refractivity (Wildman–Crippen MR) is 73.4 cm³/mol.